The Morgan fingerprint density at radius 3 is 2.68 bits per heavy atom. The molecule has 1 aromatic rings. The Bertz CT molecular complexity index is 409. The number of carbonyl (C=O) groups is 1. The first kappa shape index (κ1) is 14.0. The predicted molar refractivity (Wildman–Crippen MR) is 69.4 cm³/mol. The van der Waals surface area contributed by atoms with E-state index in [4.69, 9.17) is 14.2 Å². The van der Waals surface area contributed by atoms with E-state index in [9.17, 15) is 4.79 Å². The summed E-state index contributed by atoms with van der Waals surface area (Å²) in [5, 5.41) is 0. The van der Waals surface area contributed by atoms with Crippen LogP contribution in [0.4, 0.5) is 0 Å². The summed E-state index contributed by atoms with van der Waals surface area (Å²) in [6.07, 6.45) is -0.992. The Morgan fingerprint density at radius 2 is 2.05 bits per heavy atom. The van der Waals surface area contributed by atoms with Crippen LogP contribution >= 0.6 is 0 Å². The second-order valence-corrected chi connectivity index (χ2v) is 4.49. The normalized spacial score (nSPS) is 24.1. The highest BCUT2D eigenvalue weighted by atomic mass is 16.7. The van der Waals surface area contributed by atoms with E-state index in [1.807, 2.05) is 18.2 Å². The number of ether oxygens (including phenoxy) is 3. The first-order valence-electron chi connectivity index (χ1n) is 6.25. The molecule has 5 nitrogen and oxygen atoms in total. The smallest absolute Gasteiger partial charge is 0.336 e. The number of hydrogen-bond acceptors (Lipinski definition) is 5. The molecule has 0 unspecified atom stereocenters. The number of esters is 1. The molecule has 2 atom stereocenters. The van der Waals surface area contributed by atoms with Gasteiger partial charge in [-0.2, -0.15) is 0 Å². The van der Waals surface area contributed by atoms with Gasteiger partial charge in [-0.15, -0.1) is 0 Å². The third-order valence-corrected chi connectivity index (χ3v) is 3.12. The number of morpholine rings is 1. The number of benzene rings is 1. The third kappa shape index (κ3) is 3.76. The zero-order valence-corrected chi connectivity index (χ0v) is 11.2. The van der Waals surface area contributed by atoms with Crippen LogP contribution in [0.5, 0.6) is 0 Å². The molecule has 104 valence electrons. The van der Waals surface area contributed by atoms with Gasteiger partial charge in [-0.25, -0.2) is 4.79 Å². The van der Waals surface area contributed by atoms with Crippen molar-refractivity contribution in [3.63, 3.8) is 0 Å². The summed E-state index contributed by atoms with van der Waals surface area (Å²) in [6, 6.07) is 10.1. The maximum atomic E-state index is 11.6. The van der Waals surface area contributed by atoms with Gasteiger partial charge in [-0.1, -0.05) is 30.3 Å². The van der Waals surface area contributed by atoms with Crippen LogP contribution < -0.4 is 0 Å². The average Bonchev–Trinajstić information content (AvgIpc) is 2.47. The standard InChI is InChI=1S/C14H19NO4/c1-17-13-10-15(8-11-6-4-3-5-7-11)9-12(19-13)14(16)18-2/h3-7,12-13H,8-10H2,1-2H3/t12-,13+/m1/s1. The van der Waals surface area contributed by atoms with Gasteiger partial charge >= 0.3 is 5.97 Å². The van der Waals surface area contributed by atoms with Crippen molar-refractivity contribution in [2.45, 2.75) is 18.9 Å². The van der Waals surface area contributed by atoms with Crippen molar-refractivity contribution in [2.24, 2.45) is 0 Å². The number of carbonyl (C=O) groups excluding carboxylic acids is 1. The van der Waals surface area contributed by atoms with Crippen LogP contribution in [0.25, 0.3) is 0 Å². The maximum Gasteiger partial charge on any atom is 0.336 e. The van der Waals surface area contributed by atoms with E-state index < -0.39 is 12.4 Å². The highest BCUT2D eigenvalue weighted by Crippen LogP contribution is 2.16. The molecule has 19 heavy (non-hydrogen) atoms. The predicted octanol–water partition coefficient (Wildman–Crippen LogP) is 1.03. The molecule has 1 aliphatic rings. The van der Waals surface area contributed by atoms with Gasteiger partial charge in [0.15, 0.2) is 12.4 Å². The molecule has 1 saturated heterocycles. The van der Waals surface area contributed by atoms with Gasteiger partial charge < -0.3 is 14.2 Å². The number of rotatable bonds is 4. The second kappa shape index (κ2) is 6.65. The molecule has 0 N–H and O–H groups in total. The number of methoxy groups -OCH3 is 2. The molecule has 1 aromatic carbocycles. The van der Waals surface area contributed by atoms with Crippen molar-refractivity contribution in [2.75, 3.05) is 27.3 Å². The minimum atomic E-state index is -0.590. The molecule has 2 rings (SSSR count). The summed E-state index contributed by atoms with van der Waals surface area (Å²) in [5.41, 5.74) is 1.20. The summed E-state index contributed by atoms with van der Waals surface area (Å²) in [5.74, 6) is -0.361. The summed E-state index contributed by atoms with van der Waals surface area (Å²) in [4.78, 5) is 13.7. The molecule has 0 aromatic heterocycles. The first-order chi connectivity index (χ1) is 9.22. The van der Waals surface area contributed by atoms with Crippen molar-refractivity contribution in [1.29, 1.82) is 0 Å². The highest BCUT2D eigenvalue weighted by Gasteiger charge is 2.32. The fraction of sp³-hybridized carbons (Fsp3) is 0.500. The Balaban J connectivity index is 2.01. The van der Waals surface area contributed by atoms with Crippen molar-refractivity contribution >= 4 is 5.97 Å². The van der Waals surface area contributed by atoms with Gasteiger partial charge in [0.2, 0.25) is 0 Å². The molecule has 1 aliphatic heterocycles. The van der Waals surface area contributed by atoms with Crippen LogP contribution in [0, 0.1) is 0 Å². The minimum absolute atomic E-state index is 0.361. The second-order valence-electron chi connectivity index (χ2n) is 4.49. The maximum absolute atomic E-state index is 11.6. The largest absolute Gasteiger partial charge is 0.467 e. The van der Waals surface area contributed by atoms with Crippen molar-refractivity contribution in [3.05, 3.63) is 35.9 Å². The van der Waals surface area contributed by atoms with E-state index in [2.05, 4.69) is 17.0 Å². The van der Waals surface area contributed by atoms with Gasteiger partial charge in [0, 0.05) is 26.7 Å². The monoisotopic (exact) mass is 265 g/mol. The highest BCUT2D eigenvalue weighted by molar-refractivity contribution is 5.74. The zero-order valence-electron chi connectivity index (χ0n) is 11.2. The fourth-order valence-electron chi connectivity index (χ4n) is 2.15. The van der Waals surface area contributed by atoms with E-state index in [1.165, 1.54) is 12.7 Å². The summed E-state index contributed by atoms with van der Waals surface area (Å²) < 4.78 is 15.5. The molecule has 0 amide bonds. The van der Waals surface area contributed by atoms with Gasteiger partial charge in [0.25, 0.3) is 0 Å². The molecular weight excluding hydrogens is 246 g/mol. The Kier molecular flexibility index (Phi) is 4.90. The van der Waals surface area contributed by atoms with E-state index >= 15 is 0 Å². The lowest BCUT2D eigenvalue weighted by Crippen LogP contribution is -2.51. The molecule has 1 fully saturated rings. The lowest BCUT2D eigenvalue weighted by molar-refractivity contribution is -0.212. The van der Waals surface area contributed by atoms with Gasteiger partial charge in [0.05, 0.1) is 7.11 Å². The molecule has 0 spiro atoms. The Morgan fingerprint density at radius 1 is 1.32 bits per heavy atom. The van der Waals surface area contributed by atoms with E-state index in [-0.39, 0.29) is 5.97 Å². The quantitative estimate of drug-likeness (QED) is 0.761. The summed E-state index contributed by atoms with van der Waals surface area (Å²) in [7, 11) is 2.94. The number of hydrogen-bond donors (Lipinski definition) is 0. The lowest BCUT2D eigenvalue weighted by atomic mass is 10.2. The topological polar surface area (TPSA) is 48.0 Å². The number of nitrogens with zero attached hydrogens (tertiary/aromatic N) is 1. The summed E-state index contributed by atoms with van der Waals surface area (Å²) >= 11 is 0. The molecular formula is C14H19NO4. The lowest BCUT2D eigenvalue weighted by Gasteiger charge is -2.35. The van der Waals surface area contributed by atoms with Crippen molar-refractivity contribution in [1.82, 2.24) is 4.90 Å². The van der Waals surface area contributed by atoms with Gasteiger partial charge in [0.1, 0.15) is 0 Å². The molecule has 0 radical (unpaired) electrons. The van der Waals surface area contributed by atoms with Crippen LogP contribution in [0.2, 0.25) is 0 Å². The summed E-state index contributed by atoms with van der Waals surface area (Å²) in [6.45, 7) is 1.91. The fourth-order valence-corrected chi connectivity index (χ4v) is 2.15. The van der Waals surface area contributed by atoms with Crippen LogP contribution in [0.1, 0.15) is 5.56 Å². The van der Waals surface area contributed by atoms with Crippen LogP contribution in [-0.2, 0) is 25.5 Å². The third-order valence-electron chi connectivity index (χ3n) is 3.12. The van der Waals surface area contributed by atoms with Crippen LogP contribution in [0.3, 0.4) is 0 Å². The first-order valence-corrected chi connectivity index (χ1v) is 6.25. The van der Waals surface area contributed by atoms with Crippen LogP contribution in [-0.4, -0.2) is 50.6 Å². The van der Waals surface area contributed by atoms with Gasteiger partial charge in [-0.3, -0.25) is 4.90 Å². The Labute approximate surface area is 113 Å². The zero-order chi connectivity index (χ0) is 13.7. The molecule has 5 heteroatoms. The molecule has 1 heterocycles. The SMILES string of the molecule is COC(=O)[C@H]1CN(Cc2ccccc2)C[C@@H](OC)O1. The molecule has 0 saturated carbocycles. The van der Waals surface area contributed by atoms with Crippen molar-refractivity contribution < 1.29 is 19.0 Å². The average molecular weight is 265 g/mol. The van der Waals surface area contributed by atoms with Crippen molar-refractivity contribution in [3.8, 4) is 0 Å². The minimum Gasteiger partial charge on any atom is -0.467 e. The van der Waals surface area contributed by atoms with Gasteiger partial charge in [-0.05, 0) is 5.56 Å². The molecule has 0 bridgehead atoms. The van der Waals surface area contributed by atoms with E-state index in [0.717, 1.165) is 6.54 Å². The van der Waals surface area contributed by atoms with Crippen LogP contribution in [0.15, 0.2) is 30.3 Å². The van der Waals surface area contributed by atoms with E-state index in [0.29, 0.717) is 13.1 Å². The van der Waals surface area contributed by atoms with E-state index in [1.54, 1.807) is 7.11 Å². The Hall–Kier alpha value is -1.43. The molecule has 0 aliphatic carbocycles.